The van der Waals surface area contributed by atoms with Crippen LogP contribution in [0.3, 0.4) is 0 Å². The van der Waals surface area contributed by atoms with Crippen molar-refractivity contribution in [2.24, 2.45) is 0 Å². The molecule has 0 atom stereocenters. The highest BCUT2D eigenvalue weighted by Crippen LogP contribution is 2.29. The molecule has 0 heterocycles. The minimum Gasteiger partial charge on any atom is -0.316 e. The molecule has 0 fully saturated rings. The maximum absolute atomic E-state index is 13.9. The summed E-state index contributed by atoms with van der Waals surface area (Å²) >= 11 is 1.57. The van der Waals surface area contributed by atoms with E-state index in [0.29, 0.717) is 6.54 Å². The third-order valence-corrected chi connectivity index (χ3v) is 4.25. The quantitative estimate of drug-likeness (QED) is 0.823. The summed E-state index contributed by atoms with van der Waals surface area (Å²) in [4.78, 5) is 0.750. The first-order valence-corrected chi connectivity index (χ1v) is 7.30. The molecule has 0 unspecified atom stereocenters. The Morgan fingerprint density at radius 2 is 1.79 bits per heavy atom. The Balaban J connectivity index is 2.17. The monoisotopic (exact) mass is 275 g/mol. The first-order valence-electron chi connectivity index (χ1n) is 6.31. The summed E-state index contributed by atoms with van der Waals surface area (Å²) < 4.78 is 13.9. The summed E-state index contributed by atoms with van der Waals surface area (Å²) in [6, 6.07) is 13.5. The normalized spacial score (nSPS) is 10.7. The second-order valence-electron chi connectivity index (χ2n) is 4.47. The van der Waals surface area contributed by atoms with E-state index in [1.54, 1.807) is 17.8 Å². The van der Waals surface area contributed by atoms with Crippen LogP contribution in [0.4, 0.5) is 4.39 Å². The van der Waals surface area contributed by atoms with E-state index in [2.05, 4.69) is 24.4 Å². The molecule has 0 aliphatic carbocycles. The average molecular weight is 275 g/mol. The van der Waals surface area contributed by atoms with Crippen LogP contribution in [0.1, 0.15) is 16.7 Å². The zero-order valence-electron chi connectivity index (χ0n) is 11.2. The molecule has 100 valence electrons. The number of hydrogen-bond donors (Lipinski definition) is 1. The second-order valence-corrected chi connectivity index (χ2v) is 5.46. The van der Waals surface area contributed by atoms with Gasteiger partial charge in [-0.1, -0.05) is 36.4 Å². The molecule has 0 radical (unpaired) electrons. The first-order chi connectivity index (χ1) is 9.22. The Morgan fingerprint density at radius 3 is 2.53 bits per heavy atom. The van der Waals surface area contributed by atoms with E-state index in [-0.39, 0.29) is 5.82 Å². The molecule has 0 aliphatic heterocycles. The van der Waals surface area contributed by atoms with Crippen molar-refractivity contribution in [1.82, 2.24) is 5.32 Å². The number of benzene rings is 2. The molecule has 3 heteroatoms. The summed E-state index contributed by atoms with van der Waals surface area (Å²) in [6.45, 7) is 2.78. The van der Waals surface area contributed by atoms with Crippen molar-refractivity contribution in [3.8, 4) is 0 Å². The molecular formula is C16H18FNS. The number of aryl methyl sites for hydroxylation is 1. The molecule has 1 N–H and O–H groups in total. The lowest BCUT2D eigenvalue weighted by atomic mass is 10.1. The summed E-state index contributed by atoms with van der Waals surface area (Å²) in [6.07, 6.45) is 0. The van der Waals surface area contributed by atoms with Crippen molar-refractivity contribution in [3.63, 3.8) is 0 Å². The van der Waals surface area contributed by atoms with Crippen LogP contribution >= 0.6 is 11.8 Å². The SMILES string of the molecule is CNCc1cccc(F)c1SCc1ccccc1C. The number of thioether (sulfide) groups is 1. The third kappa shape index (κ3) is 3.58. The lowest BCUT2D eigenvalue weighted by molar-refractivity contribution is 0.594. The van der Waals surface area contributed by atoms with E-state index in [9.17, 15) is 4.39 Å². The molecule has 0 saturated carbocycles. The minimum atomic E-state index is -0.133. The fourth-order valence-corrected chi connectivity index (χ4v) is 3.12. The largest absolute Gasteiger partial charge is 0.316 e. The standard InChI is InChI=1S/C16H18FNS/c1-12-6-3-4-7-14(12)11-19-16-13(10-18-2)8-5-9-15(16)17/h3-9,18H,10-11H2,1-2H3. The predicted octanol–water partition coefficient (Wildman–Crippen LogP) is 4.15. The molecule has 0 aliphatic rings. The maximum atomic E-state index is 13.9. The molecule has 2 aromatic carbocycles. The molecule has 0 spiro atoms. The molecule has 0 saturated heterocycles. The molecule has 0 bridgehead atoms. The highest BCUT2D eigenvalue weighted by atomic mass is 32.2. The van der Waals surface area contributed by atoms with E-state index in [0.717, 1.165) is 16.2 Å². The van der Waals surface area contributed by atoms with Gasteiger partial charge in [-0.05, 0) is 36.7 Å². The number of nitrogens with one attached hydrogen (secondary N) is 1. The topological polar surface area (TPSA) is 12.0 Å². The van der Waals surface area contributed by atoms with Gasteiger partial charge in [0.1, 0.15) is 5.82 Å². The van der Waals surface area contributed by atoms with E-state index >= 15 is 0 Å². The van der Waals surface area contributed by atoms with Gasteiger partial charge in [-0.15, -0.1) is 11.8 Å². The van der Waals surface area contributed by atoms with Crippen LogP contribution in [-0.4, -0.2) is 7.05 Å². The first kappa shape index (κ1) is 14.1. The van der Waals surface area contributed by atoms with Crippen molar-refractivity contribution in [2.75, 3.05) is 7.05 Å². The van der Waals surface area contributed by atoms with Gasteiger partial charge in [-0.2, -0.15) is 0 Å². The Labute approximate surface area is 118 Å². The van der Waals surface area contributed by atoms with Crippen LogP contribution < -0.4 is 5.32 Å². The van der Waals surface area contributed by atoms with Gasteiger partial charge in [0.05, 0.1) is 0 Å². The lowest BCUT2D eigenvalue weighted by Crippen LogP contribution is -2.07. The second kappa shape index (κ2) is 6.73. The van der Waals surface area contributed by atoms with Crippen molar-refractivity contribution >= 4 is 11.8 Å². The van der Waals surface area contributed by atoms with Crippen LogP contribution in [0.5, 0.6) is 0 Å². The van der Waals surface area contributed by atoms with Gasteiger partial charge in [0.15, 0.2) is 0 Å². The van der Waals surface area contributed by atoms with Gasteiger partial charge >= 0.3 is 0 Å². The fourth-order valence-electron chi connectivity index (χ4n) is 1.97. The van der Waals surface area contributed by atoms with Gasteiger partial charge < -0.3 is 5.32 Å². The van der Waals surface area contributed by atoms with Crippen LogP contribution in [0.2, 0.25) is 0 Å². The van der Waals surface area contributed by atoms with Gasteiger partial charge in [0.25, 0.3) is 0 Å². The van der Waals surface area contributed by atoms with Crippen LogP contribution in [0.15, 0.2) is 47.4 Å². The Kier molecular flexibility index (Phi) is 5.00. The highest BCUT2D eigenvalue weighted by Gasteiger charge is 2.09. The van der Waals surface area contributed by atoms with Crippen molar-refractivity contribution in [2.45, 2.75) is 24.1 Å². The molecule has 0 aromatic heterocycles. The average Bonchev–Trinajstić information content (AvgIpc) is 2.40. The van der Waals surface area contributed by atoms with Gasteiger partial charge in [-0.25, -0.2) is 4.39 Å². The zero-order valence-corrected chi connectivity index (χ0v) is 12.1. The highest BCUT2D eigenvalue weighted by molar-refractivity contribution is 7.98. The summed E-state index contributed by atoms with van der Waals surface area (Å²) in [5, 5.41) is 3.08. The third-order valence-electron chi connectivity index (χ3n) is 3.05. The summed E-state index contributed by atoms with van der Waals surface area (Å²) in [5.41, 5.74) is 3.52. The van der Waals surface area contributed by atoms with Crippen molar-refractivity contribution < 1.29 is 4.39 Å². The number of rotatable bonds is 5. The van der Waals surface area contributed by atoms with E-state index in [1.807, 2.05) is 25.2 Å². The Bertz CT molecular complexity index is 554. The summed E-state index contributed by atoms with van der Waals surface area (Å²) in [5.74, 6) is 0.663. The van der Waals surface area contributed by atoms with Crippen molar-refractivity contribution in [3.05, 3.63) is 65.0 Å². The fraction of sp³-hybridized carbons (Fsp3) is 0.250. The van der Waals surface area contributed by atoms with Crippen LogP contribution in [-0.2, 0) is 12.3 Å². The number of hydrogen-bond acceptors (Lipinski definition) is 2. The van der Waals surface area contributed by atoms with Crippen LogP contribution in [0, 0.1) is 12.7 Å². The molecule has 19 heavy (non-hydrogen) atoms. The molecule has 1 nitrogen and oxygen atoms in total. The Hall–Kier alpha value is -1.32. The minimum absolute atomic E-state index is 0.133. The lowest BCUT2D eigenvalue weighted by Gasteiger charge is -2.11. The number of halogens is 1. The smallest absolute Gasteiger partial charge is 0.137 e. The zero-order chi connectivity index (χ0) is 13.7. The summed E-state index contributed by atoms with van der Waals surface area (Å²) in [7, 11) is 1.88. The van der Waals surface area contributed by atoms with E-state index in [1.165, 1.54) is 17.2 Å². The van der Waals surface area contributed by atoms with Crippen molar-refractivity contribution in [1.29, 1.82) is 0 Å². The van der Waals surface area contributed by atoms with Crippen LogP contribution in [0.25, 0.3) is 0 Å². The van der Waals surface area contributed by atoms with Gasteiger partial charge in [0, 0.05) is 17.2 Å². The molecule has 2 aromatic rings. The van der Waals surface area contributed by atoms with Gasteiger partial charge in [-0.3, -0.25) is 0 Å². The predicted molar refractivity (Wildman–Crippen MR) is 79.9 cm³/mol. The Morgan fingerprint density at radius 1 is 1.05 bits per heavy atom. The van der Waals surface area contributed by atoms with Gasteiger partial charge in [0.2, 0.25) is 0 Å². The molecular weight excluding hydrogens is 257 g/mol. The molecule has 2 rings (SSSR count). The molecule has 0 amide bonds. The maximum Gasteiger partial charge on any atom is 0.137 e. The van der Waals surface area contributed by atoms with E-state index < -0.39 is 0 Å². The van der Waals surface area contributed by atoms with E-state index in [4.69, 9.17) is 0 Å².